The van der Waals surface area contributed by atoms with Crippen molar-refractivity contribution < 1.29 is 43.3 Å². The van der Waals surface area contributed by atoms with Gasteiger partial charge < -0.3 is 39.4 Å². The van der Waals surface area contributed by atoms with Crippen LogP contribution in [0.1, 0.15) is 30.9 Å². The second-order valence-corrected chi connectivity index (χ2v) is 11.0. The Kier molecular flexibility index (Phi) is 13.3. The highest BCUT2D eigenvalue weighted by atomic mass is 16.6. The summed E-state index contributed by atoms with van der Waals surface area (Å²) in [7, 11) is 1.22. The van der Waals surface area contributed by atoms with Gasteiger partial charge >= 0.3 is 11.9 Å². The molecule has 0 radical (unpaired) electrons. The largest absolute Gasteiger partial charge is 0.489 e. The molecule has 0 spiro atoms. The average molecular weight is 687 g/mol. The van der Waals surface area contributed by atoms with Crippen molar-refractivity contribution in [3.8, 4) is 23.3 Å². The third-order valence-electron chi connectivity index (χ3n) is 7.58. The minimum Gasteiger partial charge on any atom is -0.489 e. The number of nitro benzene ring substituents is 1. The molecule has 3 N–H and O–H groups in total. The van der Waals surface area contributed by atoms with E-state index in [4.69, 9.17) is 28.9 Å². The van der Waals surface area contributed by atoms with Gasteiger partial charge in [-0.15, -0.1) is 0 Å². The lowest BCUT2D eigenvalue weighted by molar-refractivity contribution is -0.384. The van der Waals surface area contributed by atoms with Gasteiger partial charge in [-0.2, -0.15) is 5.26 Å². The molecule has 50 heavy (non-hydrogen) atoms. The summed E-state index contributed by atoms with van der Waals surface area (Å²) < 4.78 is 27.8. The van der Waals surface area contributed by atoms with Gasteiger partial charge in [-0.25, -0.2) is 9.59 Å². The van der Waals surface area contributed by atoms with Crippen molar-refractivity contribution in [2.24, 2.45) is 0 Å². The van der Waals surface area contributed by atoms with E-state index in [1.807, 2.05) is 6.07 Å². The number of nitriles is 1. The summed E-state index contributed by atoms with van der Waals surface area (Å²) >= 11 is 0. The number of aliphatic hydroxyl groups excluding tert-OH is 1. The molecule has 1 aliphatic rings. The fourth-order valence-corrected chi connectivity index (χ4v) is 5.28. The Morgan fingerprint density at radius 2 is 1.56 bits per heavy atom. The fourth-order valence-electron chi connectivity index (χ4n) is 5.28. The molecular formula is C36H38N4O10. The highest BCUT2D eigenvalue weighted by Crippen LogP contribution is 2.40. The number of nitrogens with zero attached hydrogens (tertiary/aromatic N) is 2. The molecule has 0 amide bonds. The van der Waals surface area contributed by atoms with Crippen LogP contribution in [0, 0.1) is 21.4 Å². The number of hydrogen-bond acceptors (Lipinski definition) is 13. The number of benzene rings is 3. The molecule has 0 bridgehead atoms. The highest BCUT2D eigenvalue weighted by Gasteiger charge is 2.38. The van der Waals surface area contributed by atoms with E-state index in [9.17, 15) is 24.8 Å². The molecule has 2 atom stereocenters. The molecule has 0 aliphatic carbocycles. The molecule has 0 fully saturated rings. The Bertz CT molecular complexity index is 1800. The van der Waals surface area contributed by atoms with E-state index in [-0.39, 0.29) is 49.8 Å². The number of nitrogens with one attached hydrogen (secondary N) is 2. The van der Waals surface area contributed by atoms with Crippen LogP contribution in [0.5, 0.6) is 17.2 Å². The molecule has 14 nitrogen and oxygen atoms in total. The molecule has 1 heterocycles. The van der Waals surface area contributed by atoms with Crippen LogP contribution in [0.15, 0.2) is 95.3 Å². The first kappa shape index (κ1) is 36.9. The van der Waals surface area contributed by atoms with Gasteiger partial charge in [-0.05, 0) is 43.7 Å². The van der Waals surface area contributed by atoms with Crippen molar-refractivity contribution >= 4 is 17.6 Å². The average Bonchev–Trinajstić information content (AvgIpc) is 3.12. The summed E-state index contributed by atoms with van der Waals surface area (Å²) in [5.41, 5.74) is 1.66. The van der Waals surface area contributed by atoms with E-state index in [2.05, 4.69) is 10.6 Å². The maximum Gasteiger partial charge on any atom is 0.336 e. The van der Waals surface area contributed by atoms with Crippen LogP contribution in [0.25, 0.3) is 0 Å². The van der Waals surface area contributed by atoms with Gasteiger partial charge in [0.25, 0.3) is 5.69 Å². The van der Waals surface area contributed by atoms with Crippen molar-refractivity contribution in [3.63, 3.8) is 0 Å². The van der Waals surface area contributed by atoms with E-state index in [0.717, 1.165) is 0 Å². The summed E-state index contributed by atoms with van der Waals surface area (Å²) in [6, 6.07) is 21.5. The van der Waals surface area contributed by atoms with Crippen LogP contribution in [0.4, 0.5) is 5.69 Å². The predicted molar refractivity (Wildman–Crippen MR) is 180 cm³/mol. The Morgan fingerprint density at radius 3 is 2.22 bits per heavy atom. The van der Waals surface area contributed by atoms with E-state index in [1.165, 1.54) is 25.3 Å². The van der Waals surface area contributed by atoms with Crippen LogP contribution in [-0.2, 0) is 19.1 Å². The number of ether oxygens (including phenoxy) is 5. The first-order chi connectivity index (χ1) is 24.1. The van der Waals surface area contributed by atoms with Crippen LogP contribution in [0.3, 0.4) is 0 Å². The summed E-state index contributed by atoms with van der Waals surface area (Å²) in [4.78, 5) is 37.3. The fraction of sp³-hybridized carbons (Fsp3) is 0.306. The quantitative estimate of drug-likeness (QED) is 0.0802. The molecule has 14 heteroatoms. The Labute approximate surface area is 289 Å². The standard InChI is InChI=1S/C36H38N4O10/c1-23-32(35(42)46-3)34(25-10-8-11-27(19-25)40(44)45)33(24(2)39-23)36(43)49-18-17-48-31-14-7-6-13-30(31)47-16-15-38-21-28(41)22-50-29-12-5-4-9-26(29)20-37/h4-14,19,28,34,38-39,41H,15-18,21-22H2,1-3H3. The number of dihydropyridines is 1. The van der Waals surface area contributed by atoms with E-state index in [1.54, 1.807) is 68.4 Å². The Morgan fingerprint density at radius 1 is 0.920 bits per heavy atom. The third-order valence-corrected chi connectivity index (χ3v) is 7.58. The van der Waals surface area contributed by atoms with Crippen LogP contribution < -0.4 is 24.8 Å². The maximum absolute atomic E-state index is 13.5. The minimum atomic E-state index is -0.978. The lowest BCUT2D eigenvalue weighted by Crippen LogP contribution is -2.33. The van der Waals surface area contributed by atoms with Crippen molar-refractivity contribution in [2.45, 2.75) is 25.9 Å². The molecule has 3 aromatic carbocycles. The van der Waals surface area contributed by atoms with Crippen LogP contribution in [-0.4, -0.2) is 74.7 Å². The lowest BCUT2D eigenvalue weighted by atomic mass is 9.80. The van der Waals surface area contributed by atoms with Gasteiger partial charge in [0, 0.05) is 36.6 Å². The zero-order chi connectivity index (χ0) is 36.0. The maximum atomic E-state index is 13.5. The normalized spacial score (nSPS) is 14.6. The van der Waals surface area contributed by atoms with Gasteiger partial charge in [0.1, 0.15) is 44.4 Å². The van der Waals surface area contributed by atoms with Gasteiger partial charge in [0.05, 0.1) is 34.7 Å². The Hall–Kier alpha value is -5.91. The monoisotopic (exact) mass is 686 g/mol. The van der Waals surface area contributed by atoms with Gasteiger partial charge in [0.2, 0.25) is 0 Å². The lowest BCUT2D eigenvalue weighted by Gasteiger charge is -2.30. The predicted octanol–water partition coefficient (Wildman–Crippen LogP) is 3.90. The van der Waals surface area contributed by atoms with Crippen LogP contribution >= 0.6 is 0 Å². The number of hydrogen-bond donors (Lipinski definition) is 3. The van der Waals surface area contributed by atoms with Gasteiger partial charge in [0.15, 0.2) is 11.5 Å². The number of rotatable bonds is 17. The smallest absolute Gasteiger partial charge is 0.336 e. The number of allylic oxidation sites excluding steroid dienone is 2. The molecule has 0 saturated heterocycles. The second kappa shape index (κ2) is 18.0. The van der Waals surface area contributed by atoms with E-state index in [0.29, 0.717) is 46.3 Å². The van der Waals surface area contributed by atoms with Crippen molar-refractivity contribution in [3.05, 3.63) is 117 Å². The number of esters is 2. The summed E-state index contributed by atoms with van der Waals surface area (Å²) in [6.07, 6.45) is -0.808. The zero-order valence-electron chi connectivity index (χ0n) is 27.8. The topological polar surface area (TPSA) is 192 Å². The molecule has 1 aliphatic heterocycles. The zero-order valence-corrected chi connectivity index (χ0v) is 27.8. The van der Waals surface area contributed by atoms with Crippen LogP contribution in [0.2, 0.25) is 0 Å². The molecular weight excluding hydrogens is 648 g/mol. The van der Waals surface area contributed by atoms with E-state index >= 15 is 0 Å². The number of carbonyl (C=O) groups excluding carboxylic acids is 2. The number of methoxy groups -OCH3 is 1. The number of aliphatic hydroxyl groups is 1. The van der Waals surface area contributed by atoms with Gasteiger partial charge in [-0.1, -0.05) is 36.4 Å². The molecule has 262 valence electrons. The van der Waals surface area contributed by atoms with Gasteiger partial charge in [-0.3, -0.25) is 10.1 Å². The number of carbonyl (C=O) groups is 2. The summed E-state index contributed by atoms with van der Waals surface area (Å²) in [5, 5.41) is 37.0. The first-order valence-corrected chi connectivity index (χ1v) is 15.7. The minimum absolute atomic E-state index is 0.0133. The van der Waals surface area contributed by atoms with Crippen molar-refractivity contribution in [1.82, 2.24) is 10.6 Å². The molecule has 3 aromatic rings. The molecule has 0 saturated carbocycles. The molecule has 2 unspecified atom stereocenters. The highest BCUT2D eigenvalue weighted by molar-refractivity contribution is 5.99. The first-order valence-electron chi connectivity index (χ1n) is 15.7. The number of para-hydroxylation sites is 3. The molecule has 4 rings (SSSR count). The SMILES string of the molecule is COC(=O)C1=C(C)NC(C)=C(C(=O)OCCOc2ccccc2OCCNCC(O)COc2ccccc2C#N)C1c1cccc([N+](=O)[O-])c1. The van der Waals surface area contributed by atoms with Crippen molar-refractivity contribution in [1.29, 1.82) is 5.26 Å². The molecule has 0 aromatic heterocycles. The number of non-ortho nitro benzene ring substituents is 1. The second-order valence-electron chi connectivity index (χ2n) is 11.0. The third kappa shape index (κ3) is 9.59. The van der Waals surface area contributed by atoms with E-state index < -0.39 is 28.9 Å². The number of nitro groups is 1. The summed E-state index contributed by atoms with van der Waals surface area (Å²) in [6.45, 7) is 4.06. The summed E-state index contributed by atoms with van der Waals surface area (Å²) in [5.74, 6) is -1.12. The van der Waals surface area contributed by atoms with Crippen molar-refractivity contribution in [2.75, 3.05) is 46.6 Å². The Balaban J connectivity index is 1.29.